The van der Waals surface area contributed by atoms with Crippen LogP contribution >= 0.6 is 24.0 Å². The number of aromatic nitrogens is 1. The van der Waals surface area contributed by atoms with Gasteiger partial charge in [0.25, 0.3) is 0 Å². The lowest BCUT2D eigenvalue weighted by Crippen LogP contribution is -2.35. The molecule has 0 amide bonds. The van der Waals surface area contributed by atoms with Crippen LogP contribution in [0.15, 0.2) is 9.52 Å². The molecule has 0 aliphatic heterocycles. The molecule has 1 heterocycles. The van der Waals surface area contributed by atoms with E-state index in [2.05, 4.69) is 15.0 Å². The number of nitrogens with zero attached hydrogens (tertiary/aromatic N) is 3. The monoisotopic (exact) mass is 378 g/mol. The number of halogens is 1. The van der Waals surface area contributed by atoms with Crippen molar-refractivity contribution in [1.29, 1.82) is 0 Å². The Kier molecular flexibility index (Phi) is 6.09. The molecule has 0 unspecified atom stereocenters. The van der Waals surface area contributed by atoms with Gasteiger partial charge in [0, 0.05) is 25.2 Å². The van der Waals surface area contributed by atoms with Crippen molar-refractivity contribution >= 4 is 29.9 Å². The van der Waals surface area contributed by atoms with Gasteiger partial charge in [0.1, 0.15) is 5.76 Å². The van der Waals surface area contributed by atoms with Crippen molar-refractivity contribution in [3.63, 3.8) is 0 Å². The van der Waals surface area contributed by atoms with Crippen LogP contribution in [0.4, 0.5) is 0 Å². The third-order valence-corrected chi connectivity index (χ3v) is 3.50. The maximum atomic E-state index is 5.92. The molecule has 0 radical (unpaired) electrons. The molecule has 19 heavy (non-hydrogen) atoms. The molecule has 1 aliphatic rings. The summed E-state index contributed by atoms with van der Waals surface area (Å²) in [4.78, 5) is 6.49. The highest BCUT2D eigenvalue weighted by molar-refractivity contribution is 14.0. The maximum Gasteiger partial charge on any atom is 0.191 e. The predicted octanol–water partition coefficient (Wildman–Crippen LogP) is 2.25. The number of rotatable bonds is 5. The van der Waals surface area contributed by atoms with Gasteiger partial charge in [0.15, 0.2) is 5.96 Å². The van der Waals surface area contributed by atoms with Gasteiger partial charge in [-0.15, -0.1) is 24.0 Å². The lowest BCUT2D eigenvalue weighted by molar-refractivity contribution is 0.392. The molecule has 1 saturated carbocycles. The van der Waals surface area contributed by atoms with E-state index >= 15 is 0 Å². The zero-order valence-electron chi connectivity index (χ0n) is 11.8. The fourth-order valence-corrected chi connectivity index (χ4v) is 2.07. The minimum Gasteiger partial charge on any atom is -0.370 e. The second kappa shape index (κ2) is 7.12. The molecule has 108 valence electrons. The van der Waals surface area contributed by atoms with Crippen molar-refractivity contribution in [2.45, 2.75) is 45.6 Å². The van der Waals surface area contributed by atoms with Crippen LogP contribution in [0.2, 0.25) is 0 Å². The van der Waals surface area contributed by atoms with Crippen LogP contribution in [-0.4, -0.2) is 35.7 Å². The van der Waals surface area contributed by atoms with Crippen molar-refractivity contribution in [2.24, 2.45) is 10.7 Å². The van der Waals surface area contributed by atoms with E-state index in [1.54, 1.807) is 0 Å². The van der Waals surface area contributed by atoms with Gasteiger partial charge in [-0.1, -0.05) is 5.16 Å². The highest BCUT2D eigenvalue weighted by Crippen LogP contribution is 2.24. The molecule has 1 aromatic heterocycles. The van der Waals surface area contributed by atoms with Gasteiger partial charge < -0.3 is 15.2 Å². The summed E-state index contributed by atoms with van der Waals surface area (Å²) >= 11 is 0. The van der Waals surface area contributed by atoms with Crippen molar-refractivity contribution in [3.8, 4) is 0 Å². The lowest BCUT2D eigenvalue weighted by Gasteiger charge is -2.16. The summed E-state index contributed by atoms with van der Waals surface area (Å²) < 4.78 is 5.13. The van der Waals surface area contributed by atoms with Gasteiger partial charge in [-0.2, -0.15) is 0 Å². The zero-order valence-corrected chi connectivity index (χ0v) is 14.2. The van der Waals surface area contributed by atoms with Gasteiger partial charge in [-0.25, -0.2) is 0 Å². The average Bonchev–Trinajstić information content (AvgIpc) is 3.14. The second-order valence-corrected chi connectivity index (χ2v) is 4.99. The second-order valence-electron chi connectivity index (χ2n) is 4.99. The molecular weight excluding hydrogens is 355 g/mol. The van der Waals surface area contributed by atoms with Gasteiger partial charge in [-0.05, 0) is 39.5 Å². The van der Waals surface area contributed by atoms with Gasteiger partial charge in [0.2, 0.25) is 0 Å². The Labute approximate surface area is 131 Å². The SMILES string of the molecule is Cc1noc(C)c1CCCN=C(N)N(C)C1CC1.I. The van der Waals surface area contributed by atoms with Crippen molar-refractivity contribution in [1.82, 2.24) is 10.1 Å². The minimum absolute atomic E-state index is 0. The van der Waals surface area contributed by atoms with Gasteiger partial charge in [0.05, 0.1) is 5.69 Å². The minimum atomic E-state index is 0. The Morgan fingerprint density at radius 3 is 2.68 bits per heavy atom. The van der Waals surface area contributed by atoms with Crippen LogP contribution in [0, 0.1) is 13.8 Å². The molecule has 0 atom stereocenters. The number of aliphatic imine (C=N–C) groups is 1. The lowest BCUT2D eigenvalue weighted by atomic mass is 10.1. The number of hydrogen-bond donors (Lipinski definition) is 1. The molecular formula is C13H23IN4O. The fraction of sp³-hybridized carbons (Fsp3) is 0.692. The summed E-state index contributed by atoms with van der Waals surface area (Å²) in [5, 5.41) is 3.95. The van der Waals surface area contributed by atoms with Crippen molar-refractivity contribution in [3.05, 3.63) is 17.0 Å². The first-order valence-electron chi connectivity index (χ1n) is 6.54. The summed E-state index contributed by atoms with van der Waals surface area (Å²) in [7, 11) is 2.02. The smallest absolute Gasteiger partial charge is 0.191 e. The Bertz CT molecular complexity index is 420. The standard InChI is InChI=1S/C13H22N4O.HI/c1-9-12(10(2)18-16-9)5-4-8-15-13(14)17(3)11-6-7-11;/h11H,4-8H2,1-3H3,(H2,14,15);1H. The normalized spacial score (nSPS) is 15.2. The maximum absolute atomic E-state index is 5.92. The van der Waals surface area contributed by atoms with Gasteiger partial charge >= 0.3 is 0 Å². The molecule has 2 rings (SSSR count). The summed E-state index contributed by atoms with van der Waals surface area (Å²) in [6, 6.07) is 0.622. The van der Waals surface area contributed by atoms with Crippen LogP contribution in [0.5, 0.6) is 0 Å². The van der Waals surface area contributed by atoms with E-state index in [0.717, 1.165) is 30.8 Å². The van der Waals surface area contributed by atoms with E-state index in [4.69, 9.17) is 10.3 Å². The van der Waals surface area contributed by atoms with Crippen LogP contribution in [0.3, 0.4) is 0 Å². The largest absolute Gasteiger partial charge is 0.370 e. The molecule has 0 bridgehead atoms. The Hall–Kier alpha value is -0.790. The third-order valence-electron chi connectivity index (χ3n) is 3.50. The van der Waals surface area contributed by atoms with E-state index in [1.807, 2.05) is 20.9 Å². The van der Waals surface area contributed by atoms with Crippen LogP contribution in [0.25, 0.3) is 0 Å². The Balaban J connectivity index is 0.00000180. The third kappa shape index (κ3) is 4.36. The molecule has 0 saturated heterocycles. The first kappa shape index (κ1) is 16.3. The molecule has 2 N–H and O–H groups in total. The molecule has 1 aliphatic carbocycles. The van der Waals surface area contributed by atoms with Crippen molar-refractivity contribution < 1.29 is 4.52 Å². The Morgan fingerprint density at radius 1 is 1.47 bits per heavy atom. The van der Waals surface area contributed by atoms with Gasteiger partial charge in [-0.3, -0.25) is 4.99 Å². The summed E-state index contributed by atoms with van der Waals surface area (Å²) in [5.74, 6) is 1.58. The average molecular weight is 378 g/mol. The zero-order chi connectivity index (χ0) is 13.1. The highest BCUT2D eigenvalue weighted by atomic mass is 127. The quantitative estimate of drug-likeness (QED) is 0.369. The van der Waals surface area contributed by atoms with E-state index < -0.39 is 0 Å². The first-order valence-corrected chi connectivity index (χ1v) is 6.54. The van der Waals surface area contributed by atoms with E-state index in [0.29, 0.717) is 12.0 Å². The first-order chi connectivity index (χ1) is 8.59. The molecule has 6 heteroatoms. The van der Waals surface area contributed by atoms with E-state index in [-0.39, 0.29) is 24.0 Å². The number of aryl methyl sites for hydroxylation is 2. The molecule has 1 fully saturated rings. The summed E-state index contributed by atoms with van der Waals surface area (Å²) in [5.41, 5.74) is 8.12. The molecule has 0 aromatic carbocycles. The number of hydrogen-bond acceptors (Lipinski definition) is 3. The van der Waals surface area contributed by atoms with Crippen LogP contribution in [-0.2, 0) is 6.42 Å². The predicted molar refractivity (Wildman–Crippen MR) is 87.0 cm³/mol. The Morgan fingerprint density at radius 2 is 2.16 bits per heavy atom. The van der Waals surface area contributed by atoms with Crippen LogP contribution < -0.4 is 5.73 Å². The summed E-state index contributed by atoms with van der Waals surface area (Å²) in [6.07, 6.45) is 4.41. The fourth-order valence-electron chi connectivity index (χ4n) is 2.07. The topological polar surface area (TPSA) is 67.6 Å². The van der Waals surface area contributed by atoms with Crippen molar-refractivity contribution in [2.75, 3.05) is 13.6 Å². The van der Waals surface area contributed by atoms with E-state index in [9.17, 15) is 0 Å². The molecule has 0 spiro atoms. The van der Waals surface area contributed by atoms with E-state index in [1.165, 1.54) is 18.4 Å². The summed E-state index contributed by atoms with van der Waals surface area (Å²) in [6.45, 7) is 4.69. The van der Waals surface area contributed by atoms with Crippen LogP contribution in [0.1, 0.15) is 36.3 Å². The number of guanidine groups is 1. The highest BCUT2D eigenvalue weighted by Gasteiger charge is 2.27. The molecule has 5 nitrogen and oxygen atoms in total. The number of nitrogens with two attached hydrogens (primary N) is 1. The molecule has 1 aromatic rings.